The Morgan fingerprint density at radius 1 is 1.50 bits per heavy atom. The molecule has 1 aromatic carbocycles. The van der Waals surface area contributed by atoms with E-state index in [0.29, 0.717) is 28.1 Å². The van der Waals surface area contributed by atoms with Crippen LogP contribution in [0.2, 0.25) is 5.02 Å². The fourth-order valence-corrected chi connectivity index (χ4v) is 3.12. The van der Waals surface area contributed by atoms with Crippen molar-refractivity contribution in [3.8, 4) is 0 Å². The highest BCUT2D eigenvalue weighted by Gasteiger charge is 2.38. The van der Waals surface area contributed by atoms with Crippen molar-refractivity contribution in [1.29, 1.82) is 0 Å². The van der Waals surface area contributed by atoms with Crippen LogP contribution >= 0.6 is 27.5 Å². The van der Waals surface area contributed by atoms with E-state index in [0.717, 1.165) is 0 Å². The first-order valence-corrected chi connectivity index (χ1v) is 7.32. The first-order chi connectivity index (χ1) is 9.40. The second kappa shape index (κ2) is 6.01. The summed E-state index contributed by atoms with van der Waals surface area (Å²) in [6, 6.07) is 4.43. The second-order valence-corrected chi connectivity index (χ2v) is 6.01. The van der Waals surface area contributed by atoms with Gasteiger partial charge in [0, 0.05) is 22.1 Å². The molecule has 0 bridgehead atoms. The highest BCUT2D eigenvalue weighted by molar-refractivity contribution is 9.10. The molecule has 1 aliphatic heterocycles. The van der Waals surface area contributed by atoms with Gasteiger partial charge in [-0.25, -0.2) is 4.79 Å². The largest absolute Gasteiger partial charge is 0.481 e. The smallest absolute Gasteiger partial charge is 0.322 e. The fraction of sp³-hybridized carbons (Fsp3) is 0.385. The SMILES string of the molecule is CC1C(C(=O)O)CCN1C(=O)Nc1ccc(Cl)cc1Br. The van der Waals surface area contributed by atoms with E-state index in [1.807, 2.05) is 0 Å². The molecule has 1 fully saturated rings. The van der Waals surface area contributed by atoms with E-state index in [-0.39, 0.29) is 12.1 Å². The van der Waals surface area contributed by atoms with Crippen LogP contribution in [0.1, 0.15) is 13.3 Å². The minimum Gasteiger partial charge on any atom is -0.481 e. The van der Waals surface area contributed by atoms with E-state index in [9.17, 15) is 9.59 Å². The third-order valence-electron chi connectivity index (χ3n) is 3.51. The monoisotopic (exact) mass is 360 g/mol. The molecule has 0 saturated carbocycles. The van der Waals surface area contributed by atoms with Crippen LogP contribution in [0.15, 0.2) is 22.7 Å². The van der Waals surface area contributed by atoms with Gasteiger partial charge in [0.2, 0.25) is 0 Å². The molecule has 2 unspecified atom stereocenters. The van der Waals surface area contributed by atoms with Gasteiger partial charge in [0.15, 0.2) is 0 Å². The van der Waals surface area contributed by atoms with Crippen LogP contribution in [0.5, 0.6) is 0 Å². The number of carboxylic acids is 1. The molecule has 20 heavy (non-hydrogen) atoms. The number of likely N-dealkylation sites (tertiary alicyclic amines) is 1. The summed E-state index contributed by atoms with van der Waals surface area (Å²) in [4.78, 5) is 24.8. The number of carbonyl (C=O) groups is 2. The maximum absolute atomic E-state index is 12.2. The Morgan fingerprint density at radius 2 is 2.20 bits per heavy atom. The number of nitrogens with one attached hydrogen (secondary N) is 1. The number of amides is 2. The van der Waals surface area contributed by atoms with Crippen LogP contribution in [0, 0.1) is 5.92 Å². The number of hydrogen-bond donors (Lipinski definition) is 2. The third kappa shape index (κ3) is 3.07. The molecule has 0 aliphatic carbocycles. The van der Waals surface area contributed by atoms with Gasteiger partial charge < -0.3 is 15.3 Å². The number of benzene rings is 1. The molecule has 2 amide bonds. The average molecular weight is 362 g/mol. The van der Waals surface area contributed by atoms with E-state index in [2.05, 4.69) is 21.2 Å². The molecular formula is C13H14BrClN2O3. The van der Waals surface area contributed by atoms with Gasteiger partial charge in [-0.1, -0.05) is 11.6 Å². The predicted octanol–water partition coefficient (Wildman–Crippen LogP) is 3.43. The average Bonchev–Trinajstić information content (AvgIpc) is 2.74. The highest BCUT2D eigenvalue weighted by atomic mass is 79.9. The molecule has 1 aromatic rings. The topological polar surface area (TPSA) is 69.6 Å². The molecule has 2 N–H and O–H groups in total. The molecule has 7 heteroatoms. The van der Waals surface area contributed by atoms with Crippen LogP contribution in [-0.2, 0) is 4.79 Å². The van der Waals surface area contributed by atoms with Crippen molar-refractivity contribution in [2.75, 3.05) is 11.9 Å². The molecule has 5 nitrogen and oxygen atoms in total. The molecule has 2 atom stereocenters. The normalized spacial score (nSPS) is 21.9. The van der Waals surface area contributed by atoms with Crippen molar-refractivity contribution in [2.24, 2.45) is 5.92 Å². The zero-order valence-corrected chi connectivity index (χ0v) is 13.1. The number of hydrogen-bond acceptors (Lipinski definition) is 2. The lowest BCUT2D eigenvalue weighted by Crippen LogP contribution is -2.40. The Morgan fingerprint density at radius 3 is 2.75 bits per heavy atom. The molecule has 1 heterocycles. The van der Waals surface area contributed by atoms with E-state index in [1.165, 1.54) is 0 Å². The lowest BCUT2D eigenvalue weighted by atomic mass is 10.0. The quantitative estimate of drug-likeness (QED) is 0.848. The summed E-state index contributed by atoms with van der Waals surface area (Å²) in [5, 5.41) is 12.4. The maximum atomic E-state index is 12.2. The van der Waals surface area contributed by atoms with Crippen molar-refractivity contribution < 1.29 is 14.7 Å². The zero-order valence-electron chi connectivity index (χ0n) is 10.8. The summed E-state index contributed by atoms with van der Waals surface area (Å²) in [5.74, 6) is -1.37. The van der Waals surface area contributed by atoms with Crippen molar-refractivity contribution >= 4 is 45.2 Å². The molecule has 0 aromatic heterocycles. The lowest BCUT2D eigenvalue weighted by molar-refractivity contribution is -0.142. The molecule has 108 valence electrons. The summed E-state index contributed by atoms with van der Waals surface area (Å²) >= 11 is 9.16. The predicted molar refractivity (Wildman–Crippen MR) is 80.1 cm³/mol. The van der Waals surface area contributed by atoms with E-state index in [4.69, 9.17) is 16.7 Å². The van der Waals surface area contributed by atoms with Gasteiger partial charge in [-0.3, -0.25) is 4.79 Å². The number of halogens is 2. The lowest BCUT2D eigenvalue weighted by Gasteiger charge is -2.23. The number of nitrogens with zero attached hydrogens (tertiary/aromatic N) is 1. The summed E-state index contributed by atoms with van der Waals surface area (Å²) in [5.41, 5.74) is 0.602. The first-order valence-electron chi connectivity index (χ1n) is 6.15. The Hall–Kier alpha value is -1.27. The molecule has 2 rings (SSSR count). The van der Waals surface area contributed by atoms with Crippen molar-refractivity contribution in [1.82, 2.24) is 4.90 Å². The molecule has 1 saturated heterocycles. The van der Waals surface area contributed by atoms with Gasteiger partial charge in [-0.2, -0.15) is 0 Å². The summed E-state index contributed by atoms with van der Waals surface area (Å²) in [6.45, 7) is 2.19. The maximum Gasteiger partial charge on any atom is 0.322 e. The Bertz CT molecular complexity index is 552. The van der Waals surface area contributed by atoms with Gasteiger partial charge in [0.1, 0.15) is 0 Å². The molecule has 0 spiro atoms. The summed E-state index contributed by atoms with van der Waals surface area (Å²) in [7, 11) is 0. The van der Waals surface area contributed by atoms with Crippen molar-refractivity contribution in [2.45, 2.75) is 19.4 Å². The fourth-order valence-electron chi connectivity index (χ4n) is 2.33. The Labute approximate surface area is 130 Å². The number of carboxylic acid groups (broad SMARTS) is 1. The number of urea groups is 1. The second-order valence-electron chi connectivity index (χ2n) is 4.72. The van der Waals surface area contributed by atoms with E-state index < -0.39 is 11.9 Å². The van der Waals surface area contributed by atoms with Gasteiger partial charge in [0.05, 0.1) is 11.6 Å². The Kier molecular flexibility index (Phi) is 4.55. The Balaban J connectivity index is 2.07. The van der Waals surface area contributed by atoms with Crippen LogP contribution in [-0.4, -0.2) is 34.6 Å². The number of carbonyl (C=O) groups excluding carboxylic acids is 1. The first kappa shape index (κ1) is 15.1. The minimum absolute atomic E-state index is 0.302. The van der Waals surface area contributed by atoms with Gasteiger partial charge in [0.25, 0.3) is 0 Å². The van der Waals surface area contributed by atoms with Crippen LogP contribution in [0.3, 0.4) is 0 Å². The van der Waals surface area contributed by atoms with E-state index >= 15 is 0 Å². The minimum atomic E-state index is -0.861. The third-order valence-corrected chi connectivity index (χ3v) is 4.40. The van der Waals surface area contributed by atoms with Crippen LogP contribution in [0.25, 0.3) is 0 Å². The van der Waals surface area contributed by atoms with Gasteiger partial charge >= 0.3 is 12.0 Å². The van der Waals surface area contributed by atoms with Crippen LogP contribution < -0.4 is 5.32 Å². The van der Waals surface area contributed by atoms with Crippen molar-refractivity contribution in [3.63, 3.8) is 0 Å². The van der Waals surface area contributed by atoms with Gasteiger partial charge in [-0.05, 0) is 47.5 Å². The molecular weight excluding hydrogens is 348 g/mol. The van der Waals surface area contributed by atoms with Crippen LogP contribution in [0.4, 0.5) is 10.5 Å². The highest BCUT2D eigenvalue weighted by Crippen LogP contribution is 2.28. The standard InChI is InChI=1S/C13H14BrClN2O3/c1-7-9(12(18)19)4-5-17(7)13(20)16-11-3-2-8(15)6-10(11)14/h2-3,6-7,9H,4-5H2,1H3,(H,16,20)(H,18,19). The number of anilines is 1. The zero-order chi connectivity index (χ0) is 14.9. The van der Waals surface area contributed by atoms with E-state index in [1.54, 1.807) is 30.0 Å². The summed E-state index contributed by atoms with van der Waals surface area (Å²) in [6.07, 6.45) is 0.478. The van der Waals surface area contributed by atoms with Crippen molar-refractivity contribution in [3.05, 3.63) is 27.7 Å². The van der Waals surface area contributed by atoms with Gasteiger partial charge in [-0.15, -0.1) is 0 Å². The summed E-state index contributed by atoms with van der Waals surface area (Å²) < 4.78 is 0.681. The number of aliphatic carboxylic acids is 1. The molecule has 0 radical (unpaired) electrons. The number of rotatable bonds is 2. The molecule has 1 aliphatic rings.